The third-order valence-corrected chi connectivity index (χ3v) is 4.25. The molecule has 3 aromatic rings. The molecule has 0 fully saturated rings. The van der Waals surface area contributed by atoms with E-state index >= 15 is 0 Å². The summed E-state index contributed by atoms with van der Waals surface area (Å²) in [6.45, 7) is 0.232. The summed E-state index contributed by atoms with van der Waals surface area (Å²) in [7, 11) is 0. The fraction of sp³-hybridized carbons (Fsp3) is 0.188. The Morgan fingerprint density at radius 2 is 2.21 bits per heavy atom. The number of nitrogens with zero attached hydrogens (tertiary/aromatic N) is 2. The fourth-order valence-corrected chi connectivity index (χ4v) is 2.86. The van der Waals surface area contributed by atoms with Gasteiger partial charge in [0.2, 0.25) is 0 Å². The van der Waals surface area contributed by atoms with E-state index in [9.17, 15) is 9.59 Å². The SMILES string of the molecule is O=C(CCn1nc(-c2cccs2)oc1=O)OCc1cccc(Cl)c1. The van der Waals surface area contributed by atoms with E-state index in [0.717, 1.165) is 15.1 Å². The molecule has 0 aliphatic heterocycles. The molecule has 0 unspecified atom stereocenters. The quantitative estimate of drug-likeness (QED) is 0.627. The molecule has 0 radical (unpaired) electrons. The van der Waals surface area contributed by atoms with Gasteiger partial charge in [-0.05, 0) is 29.1 Å². The number of esters is 1. The maximum Gasteiger partial charge on any atom is 0.437 e. The molecule has 6 nitrogen and oxygen atoms in total. The van der Waals surface area contributed by atoms with Crippen molar-refractivity contribution in [1.29, 1.82) is 0 Å². The van der Waals surface area contributed by atoms with Crippen LogP contribution >= 0.6 is 22.9 Å². The number of rotatable bonds is 6. The molecule has 3 rings (SSSR count). The van der Waals surface area contributed by atoms with Gasteiger partial charge in [-0.15, -0.1) is 16.4 Å². The average molecular weight is 365 g/mol. The number of carbonyl (C=O) groups excluding carboxylic acids is 1. The summed E-state index contributed by atoms with van der Waals surface area (Å²) in [6, 6.07) is 10.7. The zero-order chi connectivity index (χ0) is 16.9. The van der Waals surface area contributed by atoms with Crippen molar-refractivity contribution in [3.8, 4) is 10.8 Å². The number of thiophene rings is 1. The summed E-state index contributed by atoms with van der Waals surface area (Å²) in [5, 5.41) is 6.52. The van der Waals surface area contributed by atoms with Gasteiger partial charge in [-0.2, -0.15) is 4.68 Å². The zero-order valence-corrected chi connectivity index (χ0v) is 14.0. The van der Waals surface area contributed by atoms with Gasteiger partial charge in [0.05, 0.1) is 17.8 Å². The maximum atomic E-state index is 11.8. The van der Waals surface area contributed by atoms with Crippen molar-refractivity contribution in [2.24, 2.45) is 0 Å². The zero-order valence-electron chi connectivity index (χ0n) is 12.5. The molecule has 0 N–H and O–H groups in total. The molecule has 24 heavy (non-hydrogen) atoms. The van der Waals surface area contributed by atoms with Crippen LogP contribution in [0.4, 0.5) is 0 Å². The molecule has 0 bridgehead atoms. The maximum absolute atomic E-state index is 11.8. The van der Waals surface area contributed by atoms with Gasteiger partial charge in [0, 0.05) is 5.02 Å². The van der Waals surface area contributed by atoms with Gasteiger partial charge in [-0.25, -0.2) is 4.79 Å². The first-order valence-corrected chi connectivity index (χ1v) is 8.39. The lowest BCUT2D eigenvalue weighted by molar-refractivity contribution is -0.145. The molecule has 1 aromatic carbocycles. The lowest BCUT2D eigenvalue weighted by atomic mass is 10.2. The van der Waals surface area contributed by atoms with Crippen molar-refractivity contribution in [2.75, 3.05) is 0 Å². The molecule has 0 aliphatic carbocycles. The minimum Gasteiger partial charge on any atom is -0.461 e. The van der Waals surface area contributed by atoms with Crippen LogP contribution in [0.25, 0.3) is 10.8 Å². The Balaban J connectivity index is 1.54. The van der Waals surface area contributed by atoms with Crippen LogP contribution in [0.5, 0.6) is 0 Å². The van der Waals surface area contributed by atoms with Crippen LogP contribution in [-0.2, 0) is 22.7 Å². The largest absolute Gasteiger partial charge is 0.461 e. The number of benzene rings is 1. The average Bonchev–Trinajstić information content (AvgIpc) is 3.20. The smallest absolute Gasteiger partial charge is 0.437 e. The second kappa shape index (κ2) is 7.46. The van der Waals surface area contributed by atoms with Gasteiger partial charge in [-0.3, -0.25) is 4.79 Å². The van der Waals surface area contributed by atoms with E-state index in [1.807, 2.05) is 17.5 Å². The molecule has 0 atom stereocenters. The van der Waals surface area contributed by atoms with Crippen LogP contribution in [0.1, 0.15) is 12.0 Å². The number of ether oxygens (including phenoxy) is 1. The van der Waals surface area contributed by atoms with E-state index in [0.29, 0.717) is 5.02 Å². The Hall–Kier alpha value is -2.38. The Bertz CT molecular complexity index is 886. The molecule has 8 heteroatoms. The molecular formula is C16H13ClN2O4S. The second-order valence-electron chi connectivity index (χ2n) is 4.91. The second-order valence-corrected chi connectivity index (χ2v) is 6.30. The third-order valence-electron chi connectivity index (χ3n) is 3.15. The van der Waals surface area contributed by atoms with Crippen molar-refractivity contribution < 1.29 is 13.9 Å². The molecule has 2 aromatic heterocycles. The number of carbonyl (C=O) groups is 1. The highest BCUT2D eigenvalue weighted by Gasteiger charge is 2.12. The molecule has 124 valence electrons. The van der Waals surface area contributed by atoms with Crippen molar-refractivity contribution in [2.45, 2.75) is 19.6 Å². The van der Waals surface area contributed by atoms with E-state index in [1.165, 1.54) is 11.3 Å². The lowest BCUT2D eigenvalue weighted by Crippen LogP contribution is -2.18. The molecule has 0 amide bonds. The summed E-state index contributed by atoms with van der Waals surface area (Å²) in [6.07, 6.45) is 0.0247. The Kier molecular flexibility index (Phi) is 5.12. The Morgan fingerprint density at radius 3 is 2.96 bits per heavy atom. The van der Waals surface area contributed by atoms with Crippen LogP contribution in [0.3, 0.4) is 0 Å². The van der Waals surface area contributed by atoms with Crippen LogP contribution in [0.15, 0.2) is 51.0 Å². The number of aryl methyl sites for hydroxylation is 1. The summed E-state index contributed by atoms with van der Waals surface area (Å²) in [5.41, 5.74) is 0.800. The predicted molar refractivity (Wildman–Crippen MR) is 89.9 cm³/mol. The summed E-state index contributed by atoms with van der Waals surface area (Å²) in [5.74, 6) is -0.772. The van der Waals surface area contributed by atoms with Crippen molar-refractivity contribution in [3.05, 3.63) is 62.9 Å². The van der Waals surface area contributed by atoms with Gasteiger partial charge in [0.15, 0.2) is 0 Å². The third kappa shape index (κ3) is 4.12. The highest BCUT2D eigenvalue weighted by Crippen LogP contribution is 2.21. The molecule has 0 spiro atoms. The van der Waals surface area contributed by atoms with Crippen LogP contribution in [-0.4, -0.2) is 15.7 Å². The molecular weight excluding hydrogens is 352 g/mol. The molecule has 0 aliphatic rings. The summed E-state index contributed by atoms with van der Waals surface area (Å²) < 4.78 is 11.3. The summed E-state index contributed by atoms with van der Waals surface area (Å²) >= 11 is 7.29. The van der Waals surface area contributed by atoms with Crippen molar-refractivity contribution >= 4 is 28.9 Å². The van der Waals surface area contributed by atoms with Crippen LogP contribution < -0.4 is 5.76 Å². The Morgan fingerprint density at radius 1 is 1.33 bits per heavy atom. The standard InChI is InChI=1S/C16H13ClN2O4S/c17-12-4-1-3-11(9-12)10-22-14(20)6-7-19-16(21)23-15(18-19)13-5-2-8-24-13/h1-5,8-9H,6-7,10H2. The van der Waals surface area contributed by atoms with Crippen LogP contribution in [0, 0.1) is 0 Å². The normalized spacial score (nSPS) is 10.7. The van der Waals surface area contributed by atoms with E-state index < -0.39 is 11.7 Å². The predicted octanol–water partition coefficient (Wildman–Crippen LogP) is 3.35. The molecule has 0 saturated heterocycles. The van der Waals surface area contributed by atoms with Crippen molar-refractivity contribution in [1.82, 2.24) is 9.78 Å². The Labute approximate surface area is 146 Å². The monoisotopic (exact) mass is 364 g/mol. The van der Waals surface area contributed by atoms with Gasteiger partial charge in [0.25, 0.3) is 5.89 Å². The van der Waals surface area contributed by atoms with Gasteiger partial charge < -0.3 is 9.15 Å². The first kappa shape index (κ1) is 16.5. The van der Waals surface area contributed by atoms with E-state index in [4.69, 9.17) is 20.8 Å². The highest BCUT2D eigenvalue weighted by atomic mass is 35.5. The molecule has 0 saturated carbocycles. The fourth-order valence-electron chi connectivity index (χ4n) is 2.01. The van der Waals surface area contributed by atoms with Gasteiger partial charge >= 0.3 is 11.7 Å². The number of hydrogen-bond donors (Lipinski definition) is 0. The van der Waals surface area contributed by atoms with Gasteiger partial charge in [-0.1, -0.05) is 29.8 Å². The molecule has 2 heterocycles. The minimum atomic E-state index is -0.596. The van der Waals surface area contributed by atoms with Crippen molar-refractivity contribution in [3.63, 3.8) is 0 Å². The summed E-state index contributed by atoms with van der Waals surface area (Å²) in [4.78, 5) is 24.3. The first-order chi connectivity index (χ1) is 11.6. The van der Waals surface area contributed by atoms with E-state index in [1.54, 1.807) is 24.3 Å². The van der Waals surface area contributed by atoms with Gasteiger partial charge in [0.1, 0.15) is 6.61 Å². The number of aromatic nitrogens is 2. The first-order valence-electron chi connectivity index (χ1n) is 7.14. The van der Waals surface area contributed by atoms with Crippen LogP contribution in [0.2, 0.25) is 5.02 Å². The lowest BCUT2D eigenvalue weighted by Gasteiger charge is -2.05. The number of halogens is 1. The topological polar surface area (TPSA) is 74.3 Å². The van der Waals surface area contributed by atoms with E-state index in [2.05, 4.69) is 5.10 Å². The minimum absolute atomic E-state index is 0.0247. The number of hydrogen-bond acceptors (Lipinski definition) is 6. The highest BCUT2D eigenvalue weighted by molar-refractivity contribution is 7.13. The van der Waals surface area contributed by atoms with E-state index in [-0.39, 0.29) is 25.5 Å².